The summed E-state index contributed by atoms with van der Waals surface area (Å²) in [7, 11) is -4.36. The number of halogens is 2. The molecule has 1 aromatic rings. The Labute approximate surface area is 132 Å². The first-order valence-corrected chi connectivity index (χ1v) is 8.04. The highest BCUT2D eigenvalue weighted by Crippen LogP contribution is 2.27. The molecule has 0 aliphatic carbocycles. The maximum absolute atomic E-state index is 11.2. The molecule has 0 radical (unpaired) electrons. The summed E-state index contributed by atoms with van der Waals surface area (Å²) in [6.07, 6.45) is 4.04. The van der Waals surface area contributed by atoms with Gasteiger partial charge in [-0.1, -0.05) is 29.3 Å². The second-order valence-corrected chi connectivity index (χ2v) is 6.70. The Hall–Kier alpha value is -1.52. The summed E-state index contributed by atoms with van der Waals surface area (Å²) < 4.78 is 31.4. The zero-order chi connectivity index (χ0) is 15.6. The maximum Gasteiger partial charge on any atom is 0.276 e. The summed E-state index contributed by atoms with van der Waals surface area (Å²) in [6.45, 7) is 0.276. The summed E-state index contributed by atoms with van der Waals surface area (Å²) in [5, 5.41) is 8.61. The molecule has 1 aliphatic heterocycles. The summed E-state index contributed by atoms with van der Waals surface area (Å²) in [6, 6.07) is 6.86. The molecule has 0 bridgehead atoms. The van der Waals surface area contributed by atoms with Crippen molar-refractivity contribution in [3.63, 3.8) is 0 Å². The second-order valence-electron chi connectivity index (χ2n) is 4.35. The summed E-state index contributed by atoms with van der Waals surface area (Å²) in [4.78, 5) is 1.58. The summed E-state index contributed by atoms with van der Waals surface area (Å²) >= 11 is 12.1. The molecule has 1 heterocycles. The lowest BCUT2D eigenvalue weighted by Crippen LogP contribution is -2.26. The molecule has 2 rings (SSSR count). The highest BCUT2D eigenvalue weighted by molar-refractivity contribution is 7.86. The van der Waals surface area contributed by atoms with Crippen LogP contribution in [0.5, 0.6) is 0 Å². The number of hydrogen-bond donors (Lipinski definition) is 1. The van der Waals surface area contributed by atoms with Crippen LogP contribution in [-0.2, 0) is 16.7 Å². The Morgan fingerprint density at radius 1 is 1.33 bits per heavy atom. The topological polar surface area (TPSA) is 81.4 Å². The molecule has 1 N–H and O–H groups in total. The van der Waals surface area contributed by atoms with Gasteiger partial charge in [0.2, 0.25) is 0 Å². The smallest absolute Gasteiger partial charge is 0.276 e. The molecular weight excluding hydrogens is 335 g/mol. The van der Waals surface area contributed by atoms with Crippen LogP contribution in [-0.4, -0.2) is 23.1 Å². The molecule has 0 aromatic heterocycles. The van der Waals surface area contributed by atoms with Gasteiger partial charge in [-0.2, -0.15) is 13.7 Å². The van der Waals surface area contributed by atoms with Crippen molar-refractivity contribution < 1.29 is 13.0 Å². The Morgan fingerprint density at radius 2 is 1.95 bits per heavy atom. The van der Waals surface area contributed by atoms with Crippen molar-refractivity contribution in [2.45, 2.75) is 11.8 Å². The normalized spacial score (nSPS) is 18.3. The van der Waals surface area contributed by atoms with E-state index >= 15 is 0 Å². The monoisotopic (exact) mass is 344 g/mol. The second kappa shape index (κ2) is 6.08. The van der Waals surface area contributed by atoms with Crippen molar-refractivity contribution >= 4 is 33.3 Å². The lowest BCUT2D eigenvalue weighted by atomic mass is 10.1. The molecule has 1 aliphatic rings. The van der Waals surface area contributed by atoms with E-state index in [0.717, 1.165) is 0 Å². The first kappa shape index (κ1) is 15.9. The fourth-order valence-electron chi connectivity index (χ4n) is 1.90. The molecule has 0 amide bonds. The lowest BCUT2D eigenvalue weighted by molar-refractivity contribution is 0.466. The average Bonchev–Trinajstić information content (AvgIpc) is 2.41. The van der Waals surface area contributed by atoms with E-state index < -0.39 is 15.4 Å². The van der Waals surface area contributed by atoms with E-state index in [-0.39, 0.29) is 12.1 Å². The third-order valence-electron chi connectivity index (χ3n) is 2.92. The molecule has 21 heavy (non-hydrogen) atoms. The van der Waals surface area contributed by atoms with E-state index in [1.165, 1.54) is 18.5 Å². The SMILES string of the molecule is N#CC1=CN(Cc2c(Cl)cccc2Cl)C=CC1S(=O)(=O)O. The van der Waals surface area contributed by atoms with Gasteiger partial charge in [0, 0.05) is 34.6 Å². The van der Waals surface area contributed by atoms with Crippen LogP contribution < -0.4 is 0 Å². The van der Waals surface area contributed by atoms with Crippen LogP contribution in [0.2, 0.25) is 10.0 Å². The minimum atomic E-state index is -4.36. The average molecular weight is 345 g/mol. The van der Waals surface area contributed by atoms with Crippen molar-refractivity contribution in [2.24, 2.45) is 0 Å². The summed E-state index contributed by atoms with van der Waals surface area (Å²) in [5.41, 5.74) is 0.576. The van der Waals surface area contributed by atoms with E-state index in [0.29, 0.717) is 15.6 Å². The van der Waals surface area contributed by atoms with Crippen LogP contribution in [0.4, 0.5) is 0 Å². The molecule has 8 heteroatoms. The minimum Gasteiger partial charge on any atom is -0.349 e. The number of benzene rings is 1. The van der Waals surface area contributed by atoms with Crippen molar-refractivity contribution in [3.8, 4) is 6.07 Å². The van der Waals surface area contributed by atoms with Gasteiger partial charge in [-0.05, 0) is 18.2 Å². The van der Waals surface area contributed by atoms with E-state index in [1.54, 1.807) is 29.2 Å². The molecule has 1 unspecified atom stereocenters. The fraction of sp³-hybridized carbons (Fsp3) is 0.154. The van der Waals surface area contributed by atoms with Crippen molar-refractivity contribution in [3.05, 3.63) is 57.9 Å². The predicted octanol–water partition coefficient (Wildman–Crippen LogP) is 2.99. The molecule has 110 valence electrons. The highest BCUT2D eigenvalue weighted by Gasteiger charge is 2.28. The third-order valence-corrected chi connectivity index (χ3v) is 4.68. The molecule has 5 nitrogen and oxygen atoms in total. The Balaban J connectivity index is 2.29. The van der Waals surface area contributed by atoms with Gasteiger partial charge in [0.15, 0.2) is 0 Å². The Kier molecular flexibility index (Phi) is 4.59. The Morgan fingerprint density at radius 3 is 2.48 bits per heavy atom. The first-order chi connectivity index (χ1) is 9.82. The van der Waals surface area contributed by atoms with Crippen LogP contribution in [0.25, 0.3) is 0 Å². The number of hydrogen-bond acceptors (Lipinski definition) is 4. The van der Waals surface area contributed by atoms with Crippen LogP contribution in [0.3, 0.4) is 0 Å². The molecule has 1 atom stereocenters. The number of nitriles is 1. The van der Waals surface area contributed by atoms with Crippen LogP contribution >= 0.6 is 23.2 Å². The number of nitrogens with zero attached hydrogens (tertiary/aromatic N) is 2. The molecule has 0 fully saturated rings. The zero-order valence-electron chi connectivity index (χ0n) is 10.6. The molecule has 0 saturated heterocycles. The highest BCUT2D eigenvalue weighted by atomic mass is 35.5. The maximum atomic E-state index is 11.2. The standard InChI is InChI=1S/C13H10Cl2N2O3S/c14-11-2-1-3-12(15)10(11)8-17-5-4-13(21(18,19)20)9(6-16)7-17/h1-5,7,13H,8H2,(H,18,19,20). The van der Waals surface area contributed by atoms with Gasteiger partial charge >= 0.3 is 0 Å². The van der Waals surface area contributed by atoms with Gasteiger partial charge in [0.1, 0.15) is 5.25 Å². The van der Waals surface area contributed by atoms with Crippen LogP contribution in [0, 0.1) is 11.3 Å². The van der Waals surface area contributed by atoms with Crippen molar-refractivity contribution in [1.82, 2.24) is 4.90 Å². The quantitative estimate of drug-likeness (QED) is 0.852. The van der Waals surface area contributed by atoms with Gasteiger partial charge in [0.05, 0.1) is 11.6 Å². The lowest BCUT2D eigenvalue weighted by Gasteiger charge is -2.23. The Bertz CT molecular complexity index is 746. The fourth-order valence-corrected chi connectivity index (χ4v) is 3.12. The largest absolute Gasteiger partial charge is 0.349 e. The molecule has 0 spiro atoms. The molecular formula is C13H10Cl2N2O3S. The van der Waals surface area contributed by atoms with Gasteiger partial charge in [-0.3, -0.25) is 4.55 Å². The van der Waals surface area contributed by atoms with E-state index in [2.05, 4.69) is 0 Å². The van der Waals surface area contributed by atoms with E-state index in [1.807, 2.05) is 0 Å². The van der Waals surface area contributed by atoms with Crippen LogP contribution in [0.1, 0.15) is 5.56 Å². The van der Waals surface area contributed by atoms with Crippen molar-refractivity contribution in [2.75, 3.05) is 0 Å². The third kappa shape index (κ3) is 3.57. The van der Waals surface area contributed by atoms with Crippen LogP contribution in [0.15, 0.2) is 42.2 Å². The zero-order valence-corrected chi connectivity index (χ0v) is 12.9. The van der Waals surface area contributed by atoms with Crippen molar-refractivity contribution in [1.29, 1.82) is 5.26 Å². The van der Waals surface area contributed by atoms with Gasteiger partial charge in [-0.15, -0.1) is 0 Å². The van der Waals surface area contributed by atoms with Gasteiger partial charge in [0.25, 0.3) is 10.1 Å². The summed E-state index contributed by atoms with van der Waals surface area (Å²) in [5.74, 6) is 0. The van der Waals surface area contributed by atoms with Gasteiger partial charge < -0.3 is 4.90 Å². The molecule has 0 saturated carbocycles. The first-order valence-electron chi connectivity index (χ1n) is 5.78. The van der Waals surface area contributed by atoms with E-state index in [4.69, 9.17) is 33.0 Å². The number of rotatable bonds is 3. The minimum absolute atomic E-state index is 0.0804. The molecule has 1 aromatic carbocycles. The predicted molar refractivity (Wildman–Crippen MR) is 80.2 cm³/mol. The van der Waals surface area contributed by atoms with Gasteiger partial charge in [-0.25, -0.2) is 0 Å². The van der Waals surface area contributed by atoms with E-state index in [9.17, 15) is 8.42 Å².